The summed E-state index contributed by atoms with van der Waals surface area (Å²) >= 11 is 0. The van der Waals surface area contributed by atoms with Gasteiger partial charge in [-0.15, -0.1) is 0 Å². The fourth-order valence-electron chi connectivity index (χ4n) is 2.69. The van der Waals surface area contributed by atoms with Gasteiger partial charge >= 0.3 is 0 Å². The van der Waals surface area contributed by atoms with Gasteiger partial charge in [-0.2, -0.15) is 5.10 Å². The Hall–Kier alpha value is -0.830. The van der Waals surface area contributed by atoms with Gasteiger partial charge < -0.3 is 5.73 Å². The Balaban J connectivity index is 2.16. The lowest BCUT2D eigenvalue weighted by Crippen LogP contribution is -2.18. The van der Waals surface area contributed by atoms with Crippen LogP contribution in [0.3, 0.4) is 0 Å². The van der Waals surface area contributed by atoms with Crippen molar-refractivity contribution in [3.63, 3.8) is 0 Å². The van der Waals surface area contributed by atoms with E-state index in [2.05, 4.69) is 30.6 Å². The van der Waals surface area contributed by atoms with E-state index in [9.17, 15) is 0 Å². The van der Waals surface area contributed by atoms with Gasteiger partial charge in [-0.3, -0.25) is 4.68 Å². The summed E-state index contributed by atoms with van der Waals surface area (Å²) in [4.78, 5) is 0. The summed E-state index contributed by atoms with van der Waals surface area (Å²) in [5.41, 5.74) is 10.1. The lowest BCUT2D eigenvalue weighted by Gasteiger charge is -2.15. The van der Waals surface area contributed by atoms with Crippen LogP contribution in [0, 0.1) is 19.3 Å². The molecule has 0 atom stereocenters. The van der Waals surface area contributed by atoms with Crippen molar-refractivity contribution >= 4 is 0 Å². The van der Waals surface area contributed by atoms with E-state index >= 15 is 0 Å². The molecule has 0 aromatic carbocycles. The molecule has 3 heteroatoms. The highest BCUT2D eigenvalue weighted by atomic mass is 15.3. The van der Waals surface area contributed by atoms with Crippen molar-refractivity contribution < 1.29 is 0 Å². The minimum Gasteiger partial charge on any atom is -0.330 e. The van der Waals surface area contributed by atoms with Crippen molar-refractivity contribution in [2.45, 2.75) is 53.0 Å². The molecular weight excluding hydrogens is 198 g/mol. The third-order valence-electron chi connectivity index (χ3n) is 4.00. The summed E-state index contributed by atoms with van der Waals surface area (Å²) in [6.07, 6.45) is 4.88. The fourth-order valence-corrected chi connectivity index (χ4v) is 2.69. The second-order valence-corrected chi connectivity index (χ2v) is 5.20. The Labute approximate surface area is 98.0 Å². The van der Waals surface area contributed by atoms with E-state index in [0.29, 0.717) is 5.41 Å². The van der Waals surface area contributed by atoms with Gasteiger partial charge in [0.25, 0.3) is 0 Å². The Morgan fingerprint density at radius 1 is 1.38 bits per heavy atom. The van der Waals surface area contributed by atoms with E-state index < -0.39 is 0 Å². The molecule has 1 aromatic rings. The van der Waals surface area contributed by atoms with Gasteiger partial charge in [-0.25, -0.2) is 0 Å². The van der Waals surface area contributed by atoms with Gasteiger partial charge in [-0.1, -0.05) is 6.92 Å². The van der Waals surface area contributed by atoms with Gasteiger partial charge in [-0.05, 0) is 57.1 Å². The first-order chi connectivity index (χ1) is 7.62. The number of nitrogens with zero attached hydrogens (tertiary/aromatic N) is 2. The smallest absolute Gasteiger partial charge is 0.0628 e. The zero-order chi connectivity index (χ0) is 11.8. The molecule has 0 radical (unpaired) electrons. The lowest BCUT2D eigenvalue weighted by atomic mass is 10.0. The Kier molecular flexibility index (Phi) is 3.06. The quantitative estimate of drug-likeness (QED) is 0.828. The summed E-state index contributed by atoms with van der Waals surface area (Å²) < 4.78 is 2.21. The highest BCUT2D eigenvalue weighted by molar-refractivity contribution is 5.24. The zero-order valence-corrected chi connectivity index (χ0v) is 10.7. The molecule has 1 saturated carbocycles. The highest BCUT2D eigenvalue weighted by Gasteiger charge is 2.42. The molecular formula is C13H23N3. The number of aryl methyl sites for hydroxylation is 1. The Bertz CT molecular complexity index is 375. The first kappa shape index (κ1) is 11.6. The van der Waals surface area contributed by atoms with Crippen molar-refractivity contribution in [2.75, 3.05) is 6.54 Å². The molecule has 0 amide bonds. The van der Waals surface area contributed by atoms with Gasteiger partial charge in [0.05, 0.1) is 5.69 Å². The maximum atomic E-state index is 5.68. The van der Waals surface area contributed by atoms with Crippen LogP contribution < -0.4 is 5.73 Å². The molecule has 0 saturated heterocycles. The van der Waals surface area contributed by atoms with E-state index in [1.807, 2.05) is 0 Å². The predicted molar refractivity (Wildman–Crippen MR) is 66.4 cm³/mol. The summed E-state index contributed by atoms with van der Waals surface area (Å²) in [6.45, 7) is 8.38. The second-order valence-electron chi connectivity index (χ2n) is 5.20. The maximum Gasteiger partial charge on any atom is 0.0628 e. The van der Waals surface area contributed by atoms with E-state index in [1.165, 1.54) is 29.8 Å². The lowest BCUT2D eigenvalue weighted by molar-refractivity contribution is 0.370. The Morgan fingerprint density at radius 3 is 2.50 bits per heavy atom. The van der Waals surface area contributed by atoms with Crippen LogP contribution in [0.15, 0.2) is 0 Å². The van der Waals surface area contributed by atoms with E-state index in [4.69, 9.17) is 5.73 Å². The van der Waals surface area contributed by atoms with Crippen LogP contribution in [0.2, 0.25) is 0 Å². The third-order valence-corrected chi connectivity index (χ3v) is 4.00. The zero-order valence-electron chi connectivity index (χ0n) is 10.7. The van der Waals surface area contributed by atoms with Crippen LogP contribution in [0.25, 0.3) is 0 Å². The van der Waals surface area contributed by atoms with Crippen molar-refractivity contribution in [2.24, 2.45) is 11.1 Å². The number of nitrogens with two attached hydrogens (primary N) is 1. The van der Waals surface area contributed by atoms with Gasteiger partial charge in [0, 0.05) is 12.2 Å². The summed E-state index contributed by atoms with van der Waals surface area (Å²) in [5.74, 6) is 0. The van der Waals surface area contributed by atoms with E-state index in [0.717, 1.165) is 25.9 Å². The second kappa shape index (κ2) is 4.21. The van der Waals surface area contributed by atoms with Crippen molar-refractivity contribution in [1.29, 1.82) is 0 Å². The maximum absolute atomic E-state index is 5.68. The normalized spacial score (nSPS) is 17.8. The molecule has 0 aliphatic heterocycles. The minimum absolute atomic E-state index is 0.475. The third kappa shape index (κ3) is 2.01. The first-order valence-corrected chi connectivity index (χ1v) is 6.35. The fraction of sp³-hybridized carbons (Fsp3) is 0.769. The molecule has 0 unspecified atom stereocenters. The highest BCUT2D eigenvalue weighted by Crippen LogP contribution is 2.50. The van der Waals surface area contributed by atoms with Gasteiger partial charge in [0.15, 0.2) is 0 Å². The van der Waals surface area contributed by atoms with Gasteiger partial charge in [0.2, 0.25) is 0 Å². The average molecular weight is 221 g/mol. The SMILES string of the molecule is CCc1c(C)nn(CC2(CCN)CC2)c1C. The first-order valence-electron chi connectivity index (χ1n) is 6.35. The molecule has 2 rings (SSSR count). The van der Waals surface area contributed by atoms with Crippen LogP contribution in [-0.4, -0.2) is 16.3 Å². The van der Waals surface area contributed by atoms with Crippen LogP contribution in [-0.2, 0) is 13.0 Å². The summed E-state index contributed by atoms with van der Waals surface area (Å²) in [7, 11) is 0. The topological polar surface area (TPSA) is 43.8 Å². The van der Waals surface area contributed by atoms with Crippen LogP contribution >= 0.6 is 0 Å². The monoisotopic (exact) mass is 221 g/mol. The van der Waals surface area contributed by atoms with Crippen LogP contribution in [0.1, 0.15) is 43.1 Å². The molecule has 2 N–H and O–H groups in total. The molecule has 0 bridgehead atoms. The number of rotatable bonds is 5. The molecule has 1 aromatic heterocycles. The molecule has 1 aliphatic carbocycles. The number of hydrogen-bond donors (Lipinski definition) is 1. The van der Waals surface area contributed by atoms with E-state index in [-0.39, 0.29) is 0 Å². The molecule has 16 heavy (non-hydrogen) atoms. The van der Waals surface area contributed by atoms with Crippen molar-refractivity contribution in [1.82, 2.24) is 9.78 Å². The molecule has 90 valence electrons. The van der Waals surface area contributed by atoms with Crippen LogP contribution in [0.5, 0.6) is 0 Å². The molecule has 1 fully saturated rings. The number of hydrogen-bond acceptors (Lipinski definition) is 2. The largest absolute Gasteiger partial charge is 0.330 e. The standard InChI is InChI=1S/C13H23N3/c1-4-12-10(2)15-16(11(12)3)9-13(5-6-13)7-8-14/h4-9,14H2,1-3H3. The summed E-state index contributed by atoms with van der Waals surface area (Å²) in [6, 6.07) is 0. The van der Waals surface area contributed by atoms with Gasteiger partial charge in [0.1, 0.15) is 0 Å². The molecule has 1 heterocycles. The van der Waals surface area contributed by atoms with Crippen molar-refractivity contribution in [3.05, 3.63) is 17.0 Å². The average Bonchev–Trinajstić information content (AvgIpc) is 2.92. The minimum atomic E-state index is 0.475. The van der Waals surface area contributed by atoms with E-state index in [1.54, 1.807) is 0 Å². The molecule has 0 spiro atoms. The molecule has 1 aliphatic rings. The number of aromatic nitrogens is 2. The Morgan fingerprint density at radius 2 is 2.06 bits per heavy atom. The summed E-state index contributed by atoms with van der Waals surface area (Å²) in [5, 5.41) is 4.66. The van der Waals surface area contributed by atoms with Crippen molar-refractivity contribution in [3.8, 4) is 0 Å². The predicted octanol–water partition coefficient (Wildman–Crippen LogP) is 2.19. The molecule has 3 nitrogen and oxygen atoms in total. The van der Waals surface area contributed by atoms with Crippen LogP contribution in [0.4, 0.5) is 0 Å².